The second kappa shape index (κ2) is 7.17. The molecule has 128 valence electrons. The van der Waals surface area contributed by atoms with Crippen LogP contribution in [-0.2, 0) is 11.4 Å². The quantitative estimate of drug-likeness (QED) is 0.442. The van der Waals surface area contributed by atoms with Crippen molar-refractivity contribution in [3.05, 3.63) is 76.7 Å². The van der Waals surface area contributed by atoms with Crippen LogP contribution in [0.25, 0.3) is 5.82 Å². The van der Waals surface area contributed by atoms with Crippen LogP contribution in [0.3, 0.4) is 0 Å². The lowest BCUT2D eigenvalue weighted by Crippen LogP contribution is -2.15. The van der Waals surface area contributed by atoms with Crippen molar-refractivity contribution in [2.45, 2.75) is 27.4 Å². The molecule has 0 atom stereocenters. The fourth-order valence-electron chi connectivity index (χ4n) is 2.55. The highest BCUT2D eigenvalue weighted by molar-refractivity contribution is 5.96. The summed E-state index contributed by atoms with van der Waals surface area (Å²) in [7, 11) is 0. The summed E-state index contributed by atoms with van der Waals surface area (Å²) in [6.07, 6.45) is 1.67. The van der Waals surface area contributed by atoms with Crippen molar-refractivity contribution in [3.63, 3.8) is 0 Å². The normalized spacial score (nSPS) is 11.6. The molecule has 3 rings (SSSR count). The maximum absolute atomic E-state index is 5.97. The lowest BCUT2D eigenvalue weighted by Gasteiger charge is -2.06. The van der Waals surface area contributed by atoms with Crippen LogP contribution in [0.5, 0.6) is 0 Å². The summed E-state index contributed by atoms with van der Waals surface area (Å²) in [5, 5.41) is 8.39. The van der Waals surface area contributed by atoms with Crippen LogP contribution in [0.2, 0.25) is 0 Å². The Labute approximate surface area is 146 Å². The van der Waals surface area contributed by atoms with E-state index in [1.807, 2.05) is 57.2 Å². The van der Waals surface area contributed by atoms with E-state index >= 15 is 0 Å². The van der Waals surface area contributed by atoms with Crippen molar-refractivity contribution in [2.24, 2.45) is 10.9 Å². The number of hydrogen-bond donors (Lipinski definition) is 1. The molecule has 0 amide bonds. The fraction of sp³-hybridized carbons (Fsp3) is 0.211. The first-order valence-corrected chi connectivity index (χ1v) is 8.04. The van der Waals surface area contributed by atoms with Gasteiger partial charge in [-0.2, -0.15) is 5.10 Å². The minimum absolute atomic E-state index is 0.292. The largest absolute Gasteiger partial charge is 0.389 e. The Balaban J connectivity index is 1.68. The summed E-state index contributed by atoms with van der Waals surface area (Å²) in [6.45, 7) is 6.36. The molecule has 6 nitrogen and oxygen atoms in total. The number of aryl methyl sites for hydroxylation is 3. The highest BCUT2D eigenvalue weighted by Gasteiger charge is 2.06. The fourth-order valence-corrected chi connectivity index (χ4v) is 2.55. The number of amidine groups is 1. The number of rotatable bonds is 5. The third kappa shape index (κ3) is 4.03. The van der Waals surface area contributed by atoms with Crippen LogP contribution in [0.4, 0.5) is 0 Å². The van der Waals surface area contributed by atoms with E-state index < -0.39 is 0 Å². The summed E-state index contributed by atoms with van der Waals surface area (Å²) >= 11 is 0. The Morgan fingerprint density at radius 3 is 2.64 bits per heavy atom. The van der Waals surface area contributed by atoms with E-state index in [9.17, 15) is 0 Å². The first-order chi connectivity index (χ1) is 12.0. The van der Waals surface area contributed by atoms with Crippen molar-refractivity contribution in [2.75, 3.05) is 0 Å². The van der Waals surface area contributed by atoms with E-state index in [1.165, 1.54) is 5.56 Å². The van der Waals surface area contributed by atoms with Crippen LogP contribution in [0, 0.1) is 20.8 Å². The molecule has 0 fully saturated rings. The molecule has 0 saturated heterocycles. The lowest BCUT2D eigenvalue weighted by atomic mass is 10.1. The van der Waals surface area contributed by atoms with Crippen LogP contribution in [0.1, 0.15) is 28.1 Å². The topological polar surface area (TPSA) is 78.3 Å². The SMILES string of the molecule is Cc1cccc(CO/N=C(\N)c2ccc(-n3nc(C)cc3C)nc2)c1. The van der Waals surface area contributed by atoms with Gasteiger partial charge in [0, 0.05) is 17.5 Å². The van der Waals surface area contributed by atoms with Gasteiger partial charge in [0.05, 0.1) is 5.69 Å². The Hall–Kier alpha value is -3.15. The Morgan fingerprint density at radius 1 is 1.16 bits per heavy atom. The minimum atomic E-state index is 0.292. The van der Waals surface area contributed by atoms with Crippen molar-refractivity contribution in [1.82, 2.24) is 14.8 Å². The predicted molar refractivity (Wildman–Crippen MR) is 97.5 cm³/mol. The molecule has 2 N–H and O–H groups in total. The number of nitrogens with two attached hydrogens (primary N) is 1. The first kappa shape index (κ1) is 16.7. The summed E-state index contributed by atoms with van der Waals surface area (Å²) < 4.78 is 1.79. The summed E-state index contributed by atoms with van der Waals surface area (Å²) in [4.78, 5) is 9.75. The van der Waals surface area contributed by atoms with E-state index in [0.717, 1.165) is 22.8 Å². The maximum atomic E-state index is 5.97. The number of nitrogens with zero attached hydrogens (tertiary/aromatic N) is 4. The van der Waals surface area contributed by atoms with Gasteiger partial charge in [0.1, 0.15) is 6.61 Å². The molecule has 0 radical (unpaired) electrons. The Bertz CT molecular complexity index is 896. The monoisotopic (exact) mass is 335 g/mol. The number of aromatic nitrogens is 3. The molecule has 0 aliphatic heterocycles. The third-order valence-electron chi connectivity index (χ3n) is 3.75. The van der Waals surface area contributed by atoms with Gasteiger partial charge >= 0.3 is 0 Å². The number of oxime groups is 1. The molecular weight excluding hydrogens is 314 g/mol. The van der Waals surface area contributed by atoms with Crippen LogP contribution < -0.4 is 5.73 Å². The van der Waals surface area contributed by atoms with Crippen LogP contribution >= 0.6 is 0 Å². The van der Waals surface area contributed by atoms with Crippen molar-refractivity contribution >= 4 is 5.84 Å². The average molecular weight is 335 g/mol. The molecule has 2 aromatic heterocycles. The van der Waals surface area contributed by atoms with Gasteiger partial charge in [0.15, 0.2) is 11.7 Å². The highest BCUT2D eigenvalue weighted by Crippen LogP contribution is 2.11. The highest BCUT2D eigenvalue weighted by atomic mass is 16.6. The molecule has 25 heavy (non-hydrogen) atoms. The van der Waals surface area contributed by atoms with Gasteiger partial charge in [-0.1, -0.05) is 35.0 Å². The summed E-state index contributed by atoms with van der Waals surface area (Å²) in [5.74, 6) is 1.03. The van der Waals surface area contributed by atoms with Crippen molar-refractivity contribution < 1.29 is 4.84 Å². The average Bonchev–Trinajstić information content (AvgIpc) is 2.93. The van der Waals surface area contributed by atoms with E-state index in [-0.39, 0.29) is 0 Å². The molecule has 0 bridgehead atoms. The zero-order chi connectivity index (χ0) is 17.8. The predicted octanol–water partition coefficient (Wildman–Crippen LogP) is 3.03. The third-order valence-corrected chi connectivity index (χ3v) is 3.75. The lowest BCUT2D eigenvalue weighted by molar-refractivity contribution is 0.130. The molecular formula is C19H21N5O. The van der Waals surface area contributed by atoms with Gasteiger partial charge in [-0.25, -0.2) is 9.67 Å². The van der Waals surface area contributed by atoms with Crippen LogP contribution in [-0.4, -0.2) is 20.6 Å². The standard InChI is InChI=1S/C19H21N5O/c1-13-5-4-6-16(9-13)12-25-23-19(20)17-7-8-18(21-11-17)24-15(3)10-14(2)22-24/h4-11H,12H2,1-3H3,(H2,20,23). The van der Waals surface area contributed by atoms with E-state index in [4.69, 9.17) is 10.6 Å². The van der Waals surface area contributed by atoms with E-state index in [0.29, 0.717) is 18.0 Å². The number of benzene rings is 1. The Kier molecular flexibility index (Phi) is 4.79. The van der Waals surface area contributed by atoms with Gasteiger partial charge in [0.25, 0.3) is 0 Å². The maximum Gasteiger partial charge on any atom is 0.171 e. The van der Waals surface area contributed by atoms with Gasteiger partial charge in [-0.15, -0.1) is 0 Å². The molecule has 0 aliphatic carbocycles. The zero-order valence-corrected chi connectivity index (χ0v) is 14.6. The molecule has 0 unspecified atom stereocenters. The summed E-state index contributed by atoms with van der Waals surface area (Å²) in [6, 6.07) is 13.8. The van der Waals surface area contributed by atoms with Gasteiger partial charge < -0.3 is 10.6 Å². The molecule has 0 aliphatic rings. The van der Waals surface area contributed by atoms with E-state index in [2.05, 4.69) is 21.3 Å². The Morgan fingerprint density at radius 2 is 2.00 bits per heavy atom. The van der Waals surface area contributed by atoms with Crippen LogP contribution in [0.15, 0.2) is 53.8 Å². The molecule has 0 spiro atoms. The van der Waals surface area contributed by atoms with Crippen molar-refractivity contribution in [1.29, 1.82) is 0 Å². The minimum Gasteiger partial charge on any atom is -0.389 e. The van der Waals surface area contributed by atoms with Gasteiger partial charge in [0.2, 0.25) is 0 Å². The number of hydrogen-bond acceptors (Lipinski definition) is 4. The molecule has 6 heteroatoms. The molecule has 2 heterocycles. The first-order valence-electron chi connectivity index (χ1n) is 8.04. The second-order valence-electron chi connectivity index (χ2n) is 5.98. The summed E-state index contributed by atoms with van der Waals surface area (Å²) in [5.41, 5.74) is 10.9. The van der Waals surface area contributed by atoms with Crippen molar-refractivity contribution in [3.8, 4) is 5.82 Å². The smallest absolute Gasteiger partial charge is 0.171 e. The molecule has 0 saturated carbocycles. The van der Waals surface area contributed by atoms with Gasteiger partial charge in [-0.3, -0.25) is 0 Å². The molecule has 3 aromatic rings. The van der Waals surface area contributed by atoms with Gasteiger partial charge in [-0.05, 0) is 44.5 Å². The zero-order valence-electron chi connectivity index (χ0n) is 14.6. The number of pyridine rings is 1. The second-order valence-corrected chi connectivity index (χ2v) is 5.98. The van der Waals surface area contributed by atoms with E-state index in [1.54, 1.807) is 10.9 Å². The molecule has 1 aromatic carbocycles.